The number of hydrogen-bond acceptors (Lipinski definition) is 5. The van der Waals surface area contributed by atoms with Crippen LogP contribution in [-0.4, -0.2) is 40.6 Å². The van der Waals surface area contributed by atoms with Crippen LogP contribution in [0, 0.1) is 0 Å². The van der Waals surface area contributed by atoms with Crippen LogP contribution >= 0.6 is 11.6 Å². The van der Waals surface area contributed by atoms with E-state index in [1.165, 1.54) is 0 Å². The summed E-state index contributed by atoms with van der Waals surface area (Å²) >= 11 is 5.93. The number of likely N-dealkylation sites (tertiary alicyclic amines) is 1. The van der Waals surface area contributed by atoms with Crippen molar-refractivity contribution in [1.82, 2.24) is 15.0 Å². The van der Waals surface area contributed by atoms with Crippen LogP contribution in [0.2, 0.25) is 5.02 Å². The number of carbonyl (C=O) groups is 1. The van der Waals surface area contributed by atoms with Crippen molar-refractivity contribution in [3.63, 3.8) is 0 Å². The Hall–Kier alpha value is -2.86. The van der Waals surface area contributed by atoms with Crippen molar-refractivity contribution in [2.75, 3.05) is 19.7 Å². The first-order valence-electron chi connectivity index (χ1n) is 9.75. The van der Waals surface area contributed by atoms with E-state index in [-0.39, 0.29) is 11.8 Å². The lowest BCUT2D eigenvalue weighted by Gasteiger charge is -2.30. The Bertz CT molecular complexity index is 962. The molecule has 1 aromatic heterocycles. The van der Waals surface area contributed by atoms with E-state index in [2.05, 4.69) is 10.1 Å². The van der Waals surface area contributed by atoms with Gasteiger partial charge in [0.05, 0.1) is 6.61 Å². The van der Waals surface area contributed by atoms with Crippen molar-refractivity contribution >= 4 is 17.5 Å². The van der Waals surface area contributed by atoms with Crippen LogP contribution in [0.15, 0.2) is 53.1 Å². The fraction of sp³-hybridized carbons (Fsp3) is 0.318. The number of nitrogens with zero attached hydrogens (tertiary/aromatic N) is 3. The Morgan fingerprint density at radius 3 is 2.48 bits per heavy atom. The Morgan fingerprint density at radius 1 is 1.14 bits per heavy atom. The summed E-state index contributed by atoms with van der Waals surface area (Å²) in [5.74, 6) is 2.16. The van der Waals surface area contributed by atoms with E-state index in [1.54, 1.807) is 12.1 Å². The molecule has 1 aliphatic heterocycles. The predicted molar refractivity (Wildman–Crippen MR) is 110 cm³/mol. The highest BCUT2D eigenvalue weighted by Gasteiger charge is 2.28. The molecule has 3 aromatic rings. The molecular weight excluding hydrogens is 390 g/mol. The predicted octanol–water partition coefficient (Wildman–Crippen LogP) is 4.81. The first kappa shape index (κ1) is 19.5. The minimum absolute atomic E-state index is 0.0406. The van der Waals surface area contributed by atoms with Gasteiger partial charge in [-0.05, 0) is 68.3 Å². The van der Waals surface area contributed by atoms with Gasteiger partial charge in [-0.15, -0.1) is 0 Å². The zero-order chi connectivity index (χ0) is 20.2. The molecule has 2 heterocycles. The summed E-state index contributed by atoms with van der Waals surface area (Å²) in [5.41, 5.74) is 1.54. The summed E-state index contributed by atoms with van der Waals surface area (Å²) in [6.07, 6.45) is 1.59. The summed E-state index contributed by atoms with van der Waals surface area (Å²) < 4.78 is 10.9. The number of benzene rings is 2. The lowest BCUT2D eigenvalue weighted by Crippen LogP contribution is -2.38. The van der Waals surface area contributed by atoms with E-state index in [1.807, 2.05) is 48.2 Å². The minimum atomic E-state index is 0.0406. The number of rotatable bonds is 5. The van der Waals surface area contributed by atoms with Gasteiger partial charge in [-0.3, -0.25) is 4.79 Å². The second-order valence-corrected chi connectivity index (χ2v) is 7.42. The van der Waals surface area contributed by atoms with Gasteiger partial charge in [-0.1, -0.05) is 16.8 Å². The normalized spacial score (nSPS) is 14.8. The van der Waals surface area contributed by atoms with E-state index >= 15 is 0 Å². The largest absolute Gasteiger partial charge is 0.494 e. The number of carbonyl (C=O) groups excluding carboxylic acids is 1. The molecule has 0 atom stereocenters. The van der Waals surface area contributed by atoms with Crippen LogP contribution < -0.4 is 4.74 Å². The number of ether oxygens (including phenoxy) is 1. The van der Waals surface area contributed by atoms with E-state index in [0.717, 1.165) is 24.2 Å². The third-order valence-corrected chi connectivity index (χ3v) is 5.34. The smallest absolute Gasteiger partial charge is 0.253 e. The summed E-state index contributed by atoms with van der Waals surface area (Å²) in [6.45, 7) is 3.87. The van der Waals surface area contributed by atoms with Gasteiger partial charge >= 0.3 is 0 Å². The van der Waals surface area contributed by atoms with Gasteiger partial charge < -0.3 is 14.2 Å². The van der Waals surface area contributed by atoms with Crippen molar-refractivity contribution in [1.29, 1.82) is 0 Å². The van der Waals surface area contributed by atoms with Crippen LogP contribution in [0.5, 0.6) is 5.75 Å². The molecule has 1 amide bonds. The Kier molecular flexibility index (Phi) is 5.81. The Labute approximate surface area is 174 Å². The highest BCUT2D eigenvalue weighted by Crippen LogP contribution is 2.29. The lowest BCUT2D eigenvalue weighted by atomic mass is 9.96. The zero-order valence-corrected chi connectivity index (χ0v) is 16.9. The first-order chi connectivity index (χ1) is 14.1. The van der Waals surface area contributed by atoms with Crippen molar-refractivity contribution in [3.8, 4) is 17.1 Å². The highest BCUT2D eigenvalue weighted by atomic mass is 35.5. The van der Waals surface area contributed by atoms with Gasteiger partial charge in [-0.2, -0.15) is 4.98 Å². The highest BCUT2D eigenvalue weighted by molar-refractivity contribution is 6.30. The van der Waals surface area contributed by atoms with Crippen LogP contribution in [-0.2, 0) is 0 Å². The Morgan fingerprint density at radius 2 is 1.83 bits per heavy atom. The van der Waals surface area contributed by atoms with E-state index in [4.69, 9.17) is 20.9 Å². The standard InChI is InChI=1S/C22H22ClN3O3/c1-2-28-19-9-5-17(6-10-19)22(27)26-13-11-16(12-14-26)21-24-20(25-29-21)15-3-7-18(23)8-4-15/h3-10,16H,2,11-14H2,1H3. The molecule has 0 spiro atoms. The van der Waals surface area contributed by atoms with Crippen molar-refractivity contribution in [2.24, 2.45) is 0 Å². The Balaban J connectivity index is 1.37. The van der Waals surface area contributed by atoms with Gasteiger partial charge in [0.15, 0.2) is 0 Å². The van der Waals surface area contributed by atoms with Gasteiger partial charge in [0.25, 0.3) is 5.91 Å². The van der Waals surface area contributed by atoms with Gasteiger partial charge in [-0.25, -0.2) is 0 Å². The summed E-state index contributed by atoms with van der Waals surface area (Å²) in [5, 5.41) is 4.76. The lowest BCUT2D eigenvalue weighted by molar-refractivity contribution is 0.0704. The molecule has 0 unspecified atom stereocenters. The average Bonchev–Trinajstić information content (AvgIpc) is 3.25. The number of amides is 1. The second kappa shape index (κ2) is 8.66. The average molecular weight is 412 g/mol. The maximum atomic E-state index is 12.8. The summed E-state index contributed by atoms with van der Waals surface area (Å²) in [6, 6.07) is 14.6. The van der Waals surface area contributed by atoms with E-state index < -0.39 is 0 Å². The molecular formula is C22H22ClN3O3. The van der Waals surface area contributed by atoms with Crippen molar-refractivity contribution in [2.45, 2.75) is 25.7 Å². The molecule has 150 valence electrons. The molecule has 1 saturated heterocycles. The fourth-order valence-electron chi connectivity index (χ4n) is 3.49. The monoisotopic (exact) mass is 411 g/mol. The van der Waals surface area contributed by atoms with Gasteiger partial charge in [0, 0.05) is 35.2 Å². The van der Waals surface area contributed by atoms with Gasteiger partial charge in [0.2, 0.25) is 11.7 Å². The molecule has 0 N–H and O–H groups in total. The molecule has 1 fully saturated rings. The van der Waals surface area contributed by atoms with Gasteiger partial charge in [0.1, 0.15) is 5.75 Å². The molecule has 2 aromatic carbocycles. The zero-order valence-electron chi connectivity index (χ0n) is 16.2. The third kappa shape index (κ3) is 4.43. The maximum absolute atomic E-state index is 12.8. The molecule has 4 rings (SSSR count). The third-order valence-electron chi connectivity index (χ3n) is 5.09. The van der Waals surface area contributed by atoms with Crippen LogP contribution in [0.1, 0.15) is 41.9 Å². The molecule has 29 heavy (non-hydrogen) atoms. The maximum Gasteiger partial charge on any atom is 0.253 e. The molecule has 0 aliphatic carbocycles. The number of piperidine rings is 1. The molecule has 0 bridgehead atoms. The quantitative estimate of drug-likeness (QED) is 0.602. The molecule has 7 heteroatoms. The SMILES string of the molecule is CCOc1ccc(C(=O)N2CCC(c3nc(-c4ccc(Cl)cc4)no3)CC2)cc1. The molecule has 0 saturated carbocycles. The number of hydrogen-bond donors (Lipinski definition) is 0. The van der Waals surface area contributed by atoms with E-state index in [0.29, 0.717) is 42.0 Å². The topological polar surface area (TPSA) is 68.5 Å². The van der Waals surface area contributed by atoms with Crippen LogP contribution in [0.3, 0.4) is 0 Å². The van der Waals surface area contributed by atoms with Crippen molar-refractivity contribution in [3.05, 3.63) is 65.0 Å². The van der Waals surface area contributed by atoms with Crippen LogP contribution in [0.4, 0.5) is 0 Å². The molecule has 6 nitrogen and oxygen atoms in total. The first-order valence-corrected chi connectivity index (χ1v) is 10.1. The van der Waals surface area contributed by atoms with Crippen LogP contribution in [0.25, 0.3) is 11.4 Å². The van der Waals surface area contributed by atoms with Crippen molar-refractivity contribution < 1.29 is 14.1 Å². The summed E-state index contributed by atoms with van der Waals surface area (Å²) in [7, 11) is 0. The molecule has 1 aliphatic rings. The van der Waals surface area contributed by atoms with E-state index in [9.17, 15) is 4.79 Å². The molecule has 0 radical (unpaired) electrons. The minimum Gasteiger partial charge on any atom is -0.494 e. The summed E-state index contributed by atoms with van der Waals surface area (Å²) in [4.78, 5) is 19.2. The number of halogens is 1. The second-order valence-electron chi connectivity index (χ2n) is 6.99. The number of aromatic nitrogens is 2. The fourth-order valence-corrected chi connectivity index (χ4v) is 3.62.